The lowest BCUT2D eigenvalue weighted by Crippen LogP contribution is -2.35. The summed E-state index contributed by atoms with van der Waals surface area (Å²) in [6, 6.07) is 9.11. The number of ether oxygens (including phenoxy) is 1. The van der Waals surface area contributed by atoms with Crippen molar-refractivity contribution >= 4 is 0 Å². The molecular weight excluding hydrogens is 250 g/mol. The Morgan fingerprint density at radius 2 is 2.05 bits per heavy atom. The highest BCUT2D eigenvalue weighted by atomic mass is 16.5. The fourth-order valence-electron chi connectivity index (χ4n) is 2.96. The Labute approximate surface area is 122 Å². The third kappa shape index (κ3) is 3.97. The van der Waals surface area contributed by atoms with Crippen LogP contribution < -0.4 is 10.1 Å². The van der Waals surface area contributed by atoms with Gasteiger partial charge in [-0.3, -0.25) is 0 Å². The van der Waals surface area contributed by atoms with Crippen molar-refractivity contribution in [3.05, 3.63) is 29.8 Å². The summed E-state index contributed by atoms with van der Waals surface area (Å²) in [5.41, 5.74) is 1.28. The summed E-state index contributed by atoms with van der Waals surface area (Å²) in [4.78, 5) is 0. The molecule has 0 saturated heterocycles. The second-order valence-corrected chi connectivity index (χ2v) is 5.79. The van der Waals surface area contributed by atoms with E-state index in [4.69, 9.17) is 4.74 Å². The summed E-state index contributed by atoms with van der Waals surface area (Å²) < 4.78 is 5.60. The molecule has 3 heteroatoms. The fraction of sp³-hybridized carbons (Fsp3) is 0.647. The van der Waals surface area contributed by atoms with Crippen molar-refractivity contribution in [2.45, 2.75) is 51.6 Å². The normalized spacial score (nSPS) is 23.8. The zero-order valence-corrected chi connectivity index (χ0v) is 12.6. The van der Waals surface area contributed by atoms with Crippen molar-refractivity contribution in [2.75, 3.05) is 13.2 Å². The first-order valence-electron chi connectivity index (χ1n) is 7.84. The lowest BCUT2D eigenvalue weighted by atomic mass is 10.0. The molecular formula is C17H27NO2. The standard InChI is InChI=1S/C17H27NO2/c1-3-11-20-16-9-7-14(8-10-16)13(2)18-17-6-4-5-15(17)12-19/h7-10,13,15,17-19H,3-6,11-12H2,1-2H3. The summed E-state index contributed by atoms with van der Waals surface area (Å²) in [5, 5.41) is 13.0. The third-order valence-corrected chi connectivity index (χ3v) is 4.21. The first-order valence-corrected chi connectivity index (χ1v) is 7.84. The SMILES string of the molecule is CCCOc1ccc(C(C)NC2CCCC2CO)cc1. The molecule has 1 saturated carbocycles. The lowest BCUT2D eigenvalue weighted by Gasteiger charge is -2.24. The van der Waals surface area contributed by atoms with Gasteiger partial charge in [-0.2, -0.15) is 0 Å². The smallest absolute Gasteiger partial charge is 0.119 e. The van der Waals surface area contributed by atoms with Gasteiger partial charge in [0.05, 0.1) is 6.61 Å². The molecule has 2 rings (SSSR count). The Hall–Kier alpha value is -1.06. The van der Waals surface area contributed by atoms with Crippen molar-refractivity contribution in [2.24, 2.45) is 5.92 Å². The second kappa shape index (κ2) is 7.65. The minimum Gasteiger partial charge on any atom is -0.494 e. The Morgan fingerprint density at radius 1 is 1.30 bits per heavy atom. The Morgan fingerprint density at radius 3 is 2.70 bits per heavy atom. The Bertz CT molecular complexity index is 390. The molecule has 2 N–H and O–H groups in total. The molecule has 3 nitrogen and oxygen atoms in total. The minimum absolute atomic E-state index is 0.300. The molecule has 112 valence electrons. The summed E-state index contributed by atoms with van der Waals surface area (Å²) in [5.74, 6) is 1.36. The van der Waals surface area contributed by atoms with Crippen LogP contribution in [-0.4, -0.2) is 24.4 Å². The van der Waals surface area contributed by atoms with Crippen LogP contribution in [0.2, 0.25) is 0 Å². The molecule has 3 atom stereocenters. The highest BCUT2D eigenvalue weighted by Gasteiger charge is 2.27. The van der Waals surface area contributed by atoms with E-state index < -0.39 is 0 Å². The molecule has 1 aromatic carbocycles. The third-order valence-electron chi connectivity index (χ3n) is 4.21. The average molecular weight is 277 g/mol. The topological polar surface area (TPSA) is 41.5 Å². The van der Waals surface area contributed by atoms with Crippen molar-refractivity contribution < 1.29 is 9.84 Å². The van der Waals surface area contributed by atoms with Crippen LogP contribution >= 0.6 is 0 Å². The number of hydrogen-bond acceptors (Lipinski definition) is 3. The van der Waals surface area contributed by atoms with Gasteiger partial charge in [-0.05, 0) is 49.8 Å². The maximum atomic E-state index is 9.38. The molecule has 0 heterocycles. The number of aliphatic hydroxyl groups excluding tert-OH is 1. The van der Waals surface area contributed by atoms with E-state index in [0.29, 0.717) is 24.6 Å². The predicted octanol–water partition coefficient (Wildman–Crippen LogP) is 3.29. The number of nitrogens with one attached hydrogen (secondary N) is 1. The van der Waals surface area contributed by atoms with Gasteiger partial charge in [-0.15, -0.1) is 0 Å². The number of rotatable bonds is 7. The second-order valence-electron chi connectivity index (χ2n) is 5.79. The molecule has 1 fully saturated rings. The molecule has 0 spiro atoms. The first kappa shape index (κ1) is 15.3. The van der Waals surface area contributed by atoms with Crippen molar-refractivity contribution in [1.82, 2.24) is 5.32 Å². The van der Waals surface area contributed by atoms with E-state index in [9.17, 15) is 5.11 Å². The van der Waals surface area contributed by atoms with Gasteiger partial charge in [0.2, 0.25) is 0 Å². The van der Waals surface area contributed by atoms with E-state index in [-0.39, 0.29) is 0 Å². The minimum atomic E-state index is 0.300. The molecule has 0 amide bonds. The first-order chi connectivity index (χ1) is 9.74. The van der Waals surface area contributed by atoms with Crippen molar-refractivity contribution in [3.63, 3.8) is 0 Å². The quantitative estimate of drug-likeness (QED) is 0.803. The van der Waals surface area contributed by atoms with Gasteiger partial charge in [-0.1, -0.05) is 25.5 Å². The van der Waals surface area contributed by atoms with Crippen LogP contribution in [-0.2, 0) is 0 Å². The average Bonchev–Trinajstić information content (AvgIpc) is 2.92. The fourth-order valence-corrected chi connectivity index (χ4v) is 2.96. The highest BCUT2D eigenvalue weighted by Crippen LogP contribution is 2.28. The monoisotopic (exact) mass is 277 g/mol. The zero-order valence-electron chi connectivity index (χ0n) is 12.6. The van der Waals surface area contributed by atoms with Crippen LogP contribution in [0.25, 0.3) is 0 Å². The van der Waals surface area contributed by atoms with Crippen LogP contribution in [0.5, 0.6) is 5.75 Å². The largest absolute Gasteiger partial charge is 0.494 e. The molecule has 1 aliphatic rings. The summed E-state index contributed by atoms with van der Waals surface area (Å²) >= 11 is 0. The summed E-state index contributed by atoms with van der Waals surface area (Å²) in [6.45, 7) is 5.37. The summed E-state index contributed by atoms with van der Waals surface area (Å²) in [6.07, 6.45) is 4.57. The Balaban J connectivity index is 1.90. The highest BCUT2D eigenvalue weighted by molar-refractivity contribution is 5.29. The number of aliphatic hydroxyl groups is 1. The van der Waals surface area contributed by atoms with Gasteiger partial charge < -0.3 is 15.2 Å². The van der Waals surface area contributed by atoms with Crippen molar-refractivity contribution in [3.8, 4) is 5.75 Å². The number of hydrogen-bond donors (Lipinski definition) is 2. The van der Waals surface area contributed by atoms with E-state index in [2.05, 4.69) is 31.3 Å². The van der Waals surface area contributed by atoms with Crippen LogP contribution in [0.1, 0.15) is 51.1 Å². The van der Waals surface area contributed by atoms with E-state index in [1.165, 1.54) is 18.4 Å². The van der Waals surface area contributed by atoms with Crippen molar-refractivity contribution in [1.29, 1.82) is 0 Å². The van der Waals surface area contributed by atoms with E-state index in [1.54, 1.807) is 0 Å². The molecule has 1 aliphatic carbocycles. The molecule has 3 unspecified atom stereocenters. The molecule has 0 bridgehead atoms. The van der Waals surface area contributed by atoms with Gasteiger partial charge in [0, 0.05) is 18.7 Å². The maximum Gasteiger partial charge on any atom is 0.119 e. The van der Waals surface area contributed by atoms with E-state index in [0.717, 1.165) is 25.2 Å². The van der Waals surface area contributed by atoms with Gasteiger partial charge in [0.15, 0.2) is 0 Å². The maximum absolute atomic E-state index is 9.38. The van der Waals surface area contributed by atoms with Gasteiger partial charge in [0.25, 0.3) is 0 Å². The summed E-state index contributed by atoms with van der Waals surface area (Å²) in [7, 11) is 0. The predicted molar refractivity (Wildman–Crippen MR) is 82.0 cm³/mol. The van der Waals surface area contributed by atoms with Gasteiger partial charge in [-0.25, -0.2) is 0 Å². The van der Waals surface area contributed by atoms with Crippen LogP contribution in [0, 0.1) is 5.92 Å². The molecule has 0 aliphatic heterocycles. The van der Waals surface area contributed by atoms with Gasteiger partial charge in [0.1, 0.15) is 5.75 Å². The molecule has 0 radical (unpaired) electrons. The Kier molecular flexibility index (Phi) is 5.86. The number of benzene rings is 1. The lowest BCUT2D eigenvalue weighted by molar-refractivity contribution is 0.200. The van der Waals surface area contributed by atoms with Crippen LogP contribution in [0.3, 0.4) is 0 Å². The van der Waals surface area contributed by atoms with Crippen LogP contribution in [0.15, 0.2) is 24.3 Å². The zero-order chi connectivity index (χ0) is 14.4. The van der Waals surface area contributed by atoms with E-state index in [1.807, 2.05) is 12.1 Å². The van der Waals surface area contributed by atoms with Gasteiger partial charge >= 0.3 is 0 Å². The van der Waals surface area contributed by atoms with E-state index >= 15 is 0 Å². The molecule has 0 aromatic heterocycles. The molecule has 1 aromatic rings. The van der Waals surface area contributed by atoms with Crippen LogP contribution in [0.4, 0.5) is 0 Å². The molecule has 20 heavy (non-hydrogen) atoms.